The van der Waals surface area contributed by atoms with Crippen molar-refractivity contribution in [1.82, 2.24) is 4.98 Å². The minimum atomic E-state index is 0.381. The van der Waals surface area contributed by atoms with Crippen LogP contribution in [-0.2, 0) is 5.75 Å². The van der Waals surface area contributed by atoms with E-state index >= 15 is 0 Å². The third-order valence-electron chi connectivity index (χ3n) is 2.33. The molecule has 18 heavy (non-hydrogen) atoms. The first-order chi connectivity index (χ1) is 8.70. The number of aldehydes is 1. The SMILES string of the molecule is O=Cc1c(Cl)cncc1SCc1ccc(Cl)cc1. The Hall–Kier alpha value is -1.03. The number of carbonyl (C=O) groups excluding carboxylic acids is 1. The first kappa shape index (κ1) is 13.4. The molecule has 0 spiro atoms. The maximum absolute atomic E-state index is 11.0. The fourth-order valence-corrected chi connectivity index (χ4v) is 2.75. The van der Waals surface area contributed by atoms with Crippen LogP contribution in [0.5, 0.6) is 0 Å². The standard InChI is InChI=1S/C13H9Cl2NOS/c14-10-3-1-9(2-4-10)8-18-13-6-16-5-12(15)11(13)7-17/h1-7H,8H2. The van der Waals surface area contributed by atoms with Crippen molar-refractivity contribution in [2.45, 2.75) is 10.6 Å². The number of aromatic nitrogens is 1. The number of thioether (sulfide) groups is 1. The molecule has 1 heterocycles. The fraction of sp³-hybridized carbons (Fsp3) is 0.0769. The third-order valence-corrected chi connectivity index (χ3v) is 4.00. The lowest BCUT2D eigenvalue weighted by Crippen LogP contribution is -1.90. The molecular formula is C13H9Cl2NOS. The lowest BCUT2D eigenvalue weighted by molar-refractivity contribution is 0.112. The summed E-state index contributed by atoms with van der Waals surface area (Å²) in [4.78, 5) is 15.7. The third kappa shape index (κ3) is 3.25. The summed E-state index contributed by atoms with van der Waals surface area (Å²) < 4.78 is 0. The summed E-state index contributed by atoms with van der Waals surface area (Å²) in [6.07, 6.45) is 3.88. The summed E-state index contributed by atoms with van der Waals surface area (Å²) >= 11 is 13.2. The summed E-state index contributed by atoms with van der Waals surface area (Å²) in [6, 6.07) is 7.59. The van der Waals surface area contributed by atoms with Gasteiger partial charge in [-0.05, 0) is 17.7 Å². The molecule has 0 amide bonds. The number of carbonyl (C=O) groups is 1. The predicted octanol–water partition coefficient (Wildman–Crippen LogP) is 4.49. The largest absolute Gasteiger partial charge is 0.298 e. The molecule has 0 saturated carbocycles. The van der Waals surface area contributed by atoms with Crippen LogP contribution in [0, 0.1) is 0 Å². The average molecular weight is 298 g/mol. The molecular weight excluding hydrogens is 289 g/mol. The van der Waals surface area contributed by atoms with Crippen LogP contribution in [0.15, 0.2) is 41.6 Å². The number of halogens is 2. The fourth-order valence-electron chi connectivity index (χ4n) is 1.40. The summed E-state index contributed by atoms with van der Waals surface area (Å²) in [6.45, 7) is 0. The van der Waals surface area contributed by atoms with Gasteiger partial charge in [0.15, 0.2) is 6.29 Å². The van der Waals surface area contributed by atoms with Crippen LogP contribution in [0.3, 0.4) is 0 Å². The van der Waals surface area contributed by atoms with Crippen LogP contribution in [-0.4, -0.2) is 11.3 Å². The number of rotatable bonds is 4. The molecule has 0 unspecified atom stereocenters. The van der Waals surface area contributed by atoms with E-state index in [0.29, 0.717) is 15.6 Å². The number of benzene rings is 1. The van der Waals surface area contributed by atoms with Crippen molar-refractivity contribution < 1.29 is 4.79 Å². The molecule has 0 atom stereocenters. The predicted molar refractivity (Wildman–Crippen MR) is 75.6 cm³/mol. The minimum absolute atomic E-state index is 0.381. The van der Waals surface area contributed by atoms with Gasteiger partial charge in [-0.1, -0.05) is 35.3 Å². The quantitative estimate of drug-likeness (QED) is 0.615. The molecule has 1 aromatic heterocycles. The van der Waals surface area contributed by atoms with Crippen LogP contribution < -0.4 is 0 Å². The van der Waals surface area contributed by atoms with Gasteiger partial charge in [0.1, 0.15) is 0 Å². The van der Waals surface area contributed by atoms with E-state index in [1.165, 1.54) is 18.0 Å². The van der Waals surface area contributed by atoms with E-state index in [1.54, 1.807) is 6.20 Å². The summed E-state index contributed by atoms with van der Waals surface area (Å²) in [5, 5.41) is 1.09. The first-order valence-corrected chi connectivity index (χ1v) is 6.91. The minimum Gasteiger partial charge on any atom is -0.298 e. The van der Waals surface area contributed by atoms with Crippen LogP contribution in [0.4, 0.5) is 0 Å². The van der Waals surface area contributed by atoms with Gasteiger partial charge >= 0.3 is 0 Å². The summed E-state index contributed by atoms with van der Waals surface area (Å²) in [7, 11) is 0. The lowest BCUT2D eigenvalue weighted by Gasteiger charge is -2.05. The number of nitrogens with zero attached hydrogens (tertiary/aromatic N) is 1. The summed E-state index contributed by atoms with van der Waals surface area (Å²) in [5.74, 6) is 0.736. The number of hydrogen-bond acceptors (Lipinski definition) is 3. The Balaban J connectivity index is 2.13. The zero-order chi connectivity index (χ0) is 13.0. The Bertz CT molecular complexity index is 557. The first-order valence-electron chi connectivity index (χ1n) is 5.16. The van der Waals surface area contributed by atoms with Crippen molar-refractivity contribution in [1.29, 1.82) is 0 Å². The van der Waals surface area contributed by atoms with E-state index in [9.17, 15) is 4.79 Å². The molecule has 2 aromatic rings. The molecule has 5 heteroatoms. The number of pyridine rings is 1. The zero-order valence-corrected chi connectivity index (χ0v) is 11.6. The van der Waals surface area contributed by atoms with Crippen molar-refractivity contribution in [3.63, 3.8) is 0 Å². The highest BCUT2D eigenvalue weighted by Gasteiger charge is 2.07. The lowest BCUT2D eigenvalue weighted by atomic mass is 10.2. The normalized spacial score (nSPS) is 10.3. The van der Waals surface area contributed by atoms with Crippen LogP contribution in [0.25, 0.3) is 0 Å². The average Bonchev–Trinajstić information content (AvgIpc) is 2.38. The molecule has 2 rings (SSSR count). The van der Waals surface area contributed by atoms with Crippen molar-refractivity contribution in [3.8, 4) is 0 Å². The Morgan fingerprint density at radius 3 is 2.56 bits per heavy atom. The van der Waals surface area contributed by atoms with Gasteiger partial charge in [0, 0.05) is 33.6 Å². The zero-order valence-electron chi connectivity index (χ0n) is 9.27. The van der Waals surface area contributed by atoms with E-state index in [2.05, 4.69) is 4.98 Å². The Labute approximate surface area is 119 Å². The molecule has 0 fully saturated rings. The highest BCUT2D eigenvalue weighted by Crippen LogP contribution is 2.28. The molecule has 0 aliphatic rings. The highest BCUT2D eigenvalue weighted by molar-refractivity contribution is 7.98. The van der Waals surface area contributed by atoms with Crippen LogP contribution in [0.1, 0.15) is 15.9 Å². The van der Waals surface area contributed by atoms with Crippen molar-refractivity contribution in [2.24, 2.45) is 0 Å². The Morgan fingerprint density at radius 2 is 1.89 bits per heavy atom. The van der Waals surface area contributed by atoms with E-state index in [0.717, 1.165) is 22.5 Å². The molecule has 0 saturated heterocycles. The van der Waals surface area contributed by atoms with Crippen molar-refractivity contribution >= 4 is 41.2 Å². The molecule has 0 bridgehead atoms. The molecule has 92 valence electrons. The highest BCUT2D eigenvalue weighted by atomic mass is 35.5. The second kappa shape index (κ2) is 6.23. The maximum Gasteiger partial charge on any atom is 0.152 e. The van der Waals surface area contributed by atoms with Gasteiger partial charge in [-0.3, -0.25) is 9.78 Å². The van der Waals surface area contributed by atoms with Crippen LogP contribution >= 0.6 is 35.0 Å². The molecule has 2 nitrogen and oxygen atoms in total. The van der Waals surface area contributed by atoms with E-state index in [4.69, 9.17) is 23.2 Å². The van der Waals surface area contributed by atoms with E-state index in [1.807, 2.05) is 24.3 Å². The monoisotopic (exact) mass is 297 g/mol. The Kier molecular flexibility index (Phi) is 4.64. The Morgan fingerprint density at radius 1 is 1.17 bits per heavy atom. The maximum atomic E-state index is 11.0. The molecule has 0 radical (unpaired) electrons. The van der Waals surface area contributed by atoms with Gasteiger partial charge < -0.3 is 0 Å². The van der Waals surface area contributed by atoms with E-state index < -0.39 is 0 Å². The number of hydrogen-bond donors (Lipinski definition) is 0. The topological polar surface area (TPSA) is 30.0 Å². The molecule has 0 N–H and O–H groups in total. The second-order valence-electron chi connectivity index (χ2n) is 3.57. The second-order valence-corrected chi connectivity index (χ2v) is 5.43. The summed E-state index contributed by atoms with van der Waals surface area (Å²) in [5.41, 5.74) is 1.62. The van der Waals surface area contributed by atoms with Gasteiger partial charge in [-0.15, -0.1) is 11.8 Å². The smallest absolute Gasteiger partial charge is 0.152 e. The van der Waals surface area contributed by atoms with Crippen LogP contribution in [0.2, 0.25) is 10.0 Å². The molecule has 0 aliphatic carbocycles. The van der Waals surface area contributed by atoms with Gasteiger partial charge in [0.2, 0.25) is 0 Å². The molecule has 1 aromatic carbocycles. The van der Waals surface area contributed by atoms with Gasteiger partial charge in [0.25, 0.3) is 0 Å². The van der Waals surface area contributed by atoms with Crippen molar-refractivity contribution in [3.05, 3.63) is 57.8 Å². The van der Waals surface area contributed by atoms with Gasteiger partial charge in [-0.2, -0.15) is 0 Å². The van der Waals surface area contributed by atoms with E-state index in [-0.39, 0.29) is 0 Å². The van der Waals surface area contributed by atoms with Gasteiger partial charge in [0.05, 0.1) is 5.02 Å². The van der Waals surface area contributed by atoms with Gasteiger partial charge in [-0.25, -0.2) is 0 Å². The molecule has 0 aliphatic heterocycles. The van der Waals surface area contributed by atoms with Crippen molar-refractivity contribution in [2.75, 3.05) is 0 Å².